The third kappa shape index (κ3) is 6.07. The SMILES string of the molecule is c1ccc([Si](c2ccccc2)(c2ccccc2)c2ccc(-n3c4ccccc4c4c(-n5c6ccccc6c6ccc([Si]7(c8ccccc8)c8ccccc8Oc8ccccc87)cc65)cccc43)cc2)cc1. The number of rotatable bonds is 8. The van der Waals surface area contributed by atoms with Gasteiger partial charge in [0.2, 0.25) is 0 Å². The number of ether oxygens (including phenoxy) is 1. The molecule has 0 saturated heterocycles. The number of hydrogen-bond acceptors (Lipinski definition) is 1. The zero-order valence-electron chi connectivity index (χ0n) is 38.9. The van der Waals surface area contributed by atoms with Gasteiger partial charge in [-0.1, -0.05) is 224 Å². The van der Waals surface area contributed by atoms with Crippen LogP contribution in [0, 0.1) is 0 Å². The first-order chi connectivity index (χ1) is 35.2. The Labute approximate surface area is 414 Å². The summed E-state index contributed by atoms with van der Waals surface area (Å²) in [5.41, 5.74) is 6.99. The summed E-state index contributed by atoms with van der Waals surface area (Å²) >= 11 is 0. The van der Waals surface area contributed by atoms with Gasteiger partial charge in [0.05, 0.1) is 27.8 Å². The molecule has 14 rings (SSSR count). The molecule has 0 unspecified atom stereocenters. The molecule has 1 aliphatic rings. The minimum Gasteiger partial charge on any atom is -0.458 e. The van der Waals surface area contributed by atoms with Gasteiger partial charge in [-0.25, -0.2) is 0 Å². The van der Waals surface area contributed by atoms with Crippen molar-refractivity contribution in [2.24, 2.45) is 0 Å². The van der Waals surface area contributed by atoms with E-state index in [0.717, 1.165) is 22.9 Å². The highest BCUT2D eigenvalue weighted by Crippen LogP contribution is 2.40. The zero-order valence-corrected chi connectivity index (χ0v) is 40.9. The maximum atomic E-state index is 6.74. The highest BCUT2D eigenvalue weighted by Gasteiger charge is 2.48. The van der Waals surface area contributed by atoms with Crippen LogP contribution in [-0.2, 0) is 0 Å². The second-order valence-electron chi connectivity index (χ2n) is 18.7. The normalized spacial score (nSPS) is 13.0. The Morgan fingerprint density at radius 3 is 1.38 bits per heavy atom. The maximum absolute atomic E-state index is 6.74. The standard InChI is InChI=1S/C66H46N2OSi2/c1-5-22-48(23-6-1)70(49-24-7-2-8-25-49,50-26-9-3-10-27-50)52-42-40-47(41-43-52)67-58-33-16-14-31-56(58)66-59(67)34-21-35-60(66)68-57-32-15-13-30-54(57)55-45-44-53(46-61(55)68)71(51-28-11-4-12-29-51)64-38-19-17-36-62(64)69-63-37-18-20-39-65(63)71/h1-46H. The predicted molar refractivity (Wildman–Crippen MR) is 302 cm³/mol. The van der Waals surface area contributed by atoms with E-state index in [-0.39, 0.29) is 0 Å². The van der Waals surface area contributed by atoms with Crippen molar-refractivity contribution in [3.05, 3.63) is 279 Å². The van der Waals surface area contributed by atoms with Crippen LogP contribution >= 0.6 is 0 Å². The quantitative estimate of drug-likeness (QED) is 0.110. The van der Waals surface area contributed by atoms with E-state index >= 15 is 0 Å². The molecule has 0 bridgehead atoms. The fraction of sp³-hybridized carbons (Fsp3) is 0. The number of hydrogen-bond donors (Lipinski definition) is 0. The second-order valence-corrected chi connectivity index (χ2v) is 26.3. The van der Waals surface area contributed by atoms with Crippen molar-refractivity contribution in [3.8, 4) is 22.9 Å². The monoisotopic (exact) mass is 938 g/mol. The van der Waals surface area contributed by atoms with Crippen molar-refractivity contribution in [1.29, 1.82) is 0 Å². The molecule has 0 amide bonds. The summed E-state index contributed by atoms with van der Waals surface area (Å²) in [5, 5.41) is 15.5. The Hall–Kier alpha value is -8.75. The molecule has 0 saturated carbocycles. The second kappa shape index (κ2) is 16.5. The topological polar surface area (TPSA) is 19.1 Å². The Kier molecular flexibility index (Phi) is 9.56. The van der Waals surface area contributed by atoms with Gasteiger partial charge in [-0.3, -0.25) is 0 Å². The van der Waals surface area contributed by atoms with Gasteiger partial charge in [-0.05, 0) is 96.1 Å². The molecule has 11 aromatic carbocycles. The van der Waals surface area contributed by atoms with Crippen LogP contribution in [0.2, 0.25) is 0 Å². The van der Waals surface area contributed by atoms with Gasteiger partial charge in [0.1, 0.15) is 11.5 Å². The Morgan fingerprint density at radius 2 is 0.775 bits per heavy atom. The molecule has 1 aliphatic heterocycles. The Balaban J connectivity index is 1.01. The van der Waals surface area contributed by atoms with E-state index in [1.165, 1.54) is 85.1 Å². The van der Waals surface area contributed by atoms with E-state index < -0.39 is 16.1 Å². The number of para-hydroxylation sites is 4. The van der Waals surface area contributed by atoms with Gasteiger partial charge in [0.15, 0.2) is 16.1 Å². The van der Waals surface area contributed by atoms with Crippen molar-refractivity contribution in [1.82, 2.24) is 9.13 Å². The summed E-state index contributed by atoms with van der Waals surface area (Å²) in [7, 11) is -5.64. The number of nitrogens with zero attached hydrogens (tertiary/aromatic N) is 2. The molecule has 3 heterocycles. The van der Waals surface area contributed by atoms with Crippen LogP contribution in [0.5, 0.6) is 11.5 Å². The molecule has 0 atom stereocenters. The third-order valence-electron chi connectivity index (χ3n) is 15.2. The van der Waals surface area contributed by atoms with Crippen LogP contribution in [0.25, 0.3) is 55.0 Å². The first-order valence-electron chi connectivity index (χ1n) is 24.5. The van der Waals surface area contributed by atoms with Crippen molar-refractivity contribution in [2.75, 3.05) is 0 Å². The summed E-state index contributed by atoms with van der Waals surface area (Å²) in [5.74, 6) is 1.86. The van der Waals surface area contributed by atoms with Gasteiger partial charge >= 0.3 is 0 Å². The van der Waals surface area contributed by atoms with Crippen LogP contribution in [-0.4, -0.2) is 25.3 Å². The molecule has 5 heteroatoms. The highest BCUT2D eigenvalue weighted by atomic mass is 28.3. The van der Waals surface area contributed by atoms with Gasteiger partial charge in [-0.2, -0.15) is 0 Å². The van der Waals surface area contributed by atoms with E-state index in [0.29, 0.717) is 0 Å². The Morgan fingerprint density at radius 1 is 0.310 bits per heavy atom. The highest BCUT2D eigenvalue weighted by molar-refractivity contribution is 7.21. The van der Waals surface area contributed by atoms with Crippen LogP contribution in [0.3, 0.4) is 0 Å². The lowest BCUT2D eigenvalue weighted by molar-refractivity contribution is 0.487. The fourth-order valence-corrected chi connectivity index (χ4v) is 22.0. The maximum Gasteiger partial charge on any atom is 0.188 e. The van der Waals surface area contributed by atoms with Gasteiger partial charge in [0, 0.05) is 27.2 Å². The average molecular weight is 939 g/mol. The first-order valence-corrected chi connectivity index (χ1v) is 28.5. The molecule has 0 radical (unpaired) electrons. The molecular formula is C66H46N2OSi2. The van der Waals surface area contributed by atoms with Crippen molar-refractivity contribution in [3.63, 3.8) is 0 Å². The van der Waals surface area contributed by atoms with Crippen LogP contribution < -0.4 is 46.2 Å². The largest absolute Gasteiger partial charge is 0.458 e. The van der Waals surface area contributed by atoms with Crippen molar-refractivity contribution in [2.45, 2.75) is 0 Å². The minimum atomic E-state index is -2.93. The summed E-state index contributed by atoms with van der Waals surface area (Å²) < 4.78 is 11.8. The first kappa shape index (κ1) is 41.2. The third-order valence-corrected chi connectivity index (χ3v) is 24.8. The molecule has 334 valence electrons. The number of aromatic nitrogens is 2. The molecule has 3 nitrogen and oxygen atoms in total. The molecule has 0 spiro atoms. The van der Waals surface area contributed by atoms with Crippen LogP contribution in [0.1, 0.15) is 0 Å². The minimum absolute atomic E-state index is 0.932. The molecule has 0 N–H and O–H groups in total. The van der Waals surface area contributed by atoms with Gasteiger partial charge < -0.3 is 13.9 Å². The number of fused-ring (bicyclic) bond motifs is 8. The number of benzene rings is 11. The molecule has 71 heavy (non-hydrogen) atoms. The molecule has 13 aromatic rings. The van der Waals surface area contributed by atoms with E-state index in [1.54, 1.807) is 0 Å². The van der Waals surface area contributed by atoms with E-state index in [2.05, 4.69) is 288 Å². The summed E-state index contributed by atoms with van der Waals surface area (Å²) in [6.07, 6.45) is 0. The lowest BCUT2D eigenvalue weighted by Gasteiger charge is -2.39. The van der Waals surface area contributed by atoms with Crippen molar-refractivity contribution < 1.29 is 4.74 Å². The molecular weight excluding hydrogens is 893 g/mol. The molecule has 0 fully saturated rings. The van der Waals surface area contributed by atoms with Gasteiger partial charge in [0.25, 0.3) is 0 Å². The summed E-state index contributed by atoms with van der Waals surface area (Å²) in [6, 6.07) is 104. The van der Waals surface area contributed by atoms with Gasteiger partial charge in [-0.15, -0.1) is 0 Å². The van der Waals surface area contributed by atoms with Crippen LogP contribution in [0.4, 0.5) is 0 Å². The fourth-order valence-electron chi connectivity index (χ4n) is 12.3. The van der Waals surface area contributed by atoms with E-state index in [1.807, 2.05) is 0 Å². The van der Waals surface area contributed by atoms with E-state index in [9.17, 15) is 0 Å². The van der Waals surface area contributed by atoms with Crippen LogP contribution in [0.15, 0.2) is 279 Å². The lowest BCUT2D eigenvalue weighted by atomic mass is 10.1. The van der Waals surface area contributed by atoms with Crippen molar-refractivity contribution >= 4 is 101 Å². The summed E-state index contributed by atoms with van der Waals surface area (Å²) in [6.45, 7) is 0. The average Bonchev–Trinajstić information content (AvgIpc) is 3.97. The summed E-state index contributed by atoms with van der Waals surface area (Å²) in [4.78, 5) is 0. The molecule has 2 aromatic heterocycles. The van der Waals surface area contributed by atoms with E-state index in [4.69, 9.17) is 4.74 Å². The Bertz CT molecular complexity index is 3990. The molecule has 0 aliphatic carbocycles. The predicted octanol–water partition coefficient (Wildman–Crippen LogP) is 10.7. The smallest absolute Gasteiger partial charge is 0.188 e. The lowest BCUT2D eigenvalue weighted by Crippen LogP contribution is -2.76. The zero-order chi connectivity index (χ0) is 46.9.